The fraction of sp³-hybridized carbons (Fsp3) is 0.103. The van der Waals surface area contributed by atoms with Crippen LogP contribution in [0.4, 0.5) is 0 Å². The first-order valence-corrected chi connectivity index (χ1v) is 11.1. The second-order valence-electron chi connectivity index (χ2n) is 8.10. The van der Waals surface area contributed by atoms with Crippen LogP contribution >= 0.6 is 0 Å². The van der Waals surface area contributed by atoms with Gasteiger partial charge in [-0.25, -0.2) is 9.78 Å². The number of ether oxygens (including phenoxy) is 2. The number of rotatable bonds is 6. The van der Waals surface area contributed by atoms with Crippen LogP contribution < -0.4 is 4.74 Å². The molecule has 5 aromatic rings. The minimum Gasteiger partial charge on any atom is -0.489 e. The van der Waals surface area contributed by atoms with Crippen LogP contribution in [0.5, 0.6) is 5.75 Å². The average Bonchev–Trinajstić information content (AvgIpc) is 3.27. The summed E-state index contributed by atoms with van der Waals surface area (Å²) in [6, 6.07) is 31.8. The van der Waals surface area contributed by atoms with Crippen LogP contribution in [-0.4, -0.2) is 22.6 Å². The molecular formula is C29H24N2O3. The molecule has 0 saturated carbocycles. The highest BCUT2D eigenvalue weighted by Crippen LogP contribution is 2.31. The Bertz CT molecular complexity index is 1440. The second-order valence-corrected chi connectivity index (χ2v) is 8.10. The molecule has 0 aliphatic heterocycles. The lowest BCUT2D eigenvalue weighted by Crippen LogP contribution is -2.02. The van der Waals surface area contributed by atoms with E-state index >= 15 is 0 Å². The number of esters is 1. The molecule has 0 bridgehead atoms. The molecule has 5 nitrogen and oxygen atoms in total. The van der Waals surface area contributed by atoms with E-state index in [0.29, 0.717) is 12.2 Å². The summed E-state index contributed by atoms with van der Waals surface area (Å²) in [6.07, 6.45) is 0. The van der Waals surface area contributed by atoms with E-state index in [1.54, 1.807) is 12.1 Å². The van der Waals surface area contributed by atoms with E-state index in [0.717, 1.165) is 39.4 Å². The molecule has 5 heteroatoms. The topological polar surface area (TPSA) is 53.4 Å². The number of nitrogens with zero attached hydrogens (tertiary/aromatic N) is 2. The number of imidazole rings is 1. The van der Waals surface area contributed by atoms with Crippen LogP contribution in [0.15, 0.2) is 97.1 Å². The molecule has 0 fully saturated rings. The summed E-state index contributed by atoms with van der Waals surface area (Å²) in [5, 5.41) is 0. The number of aryl methyl sites for hydroxylation is 1. The fourth-order valence-corrected chi connectivity index (χ4v) is 3.90. The van der Waals surface area contributed by atoms with Crippen molar-refractivity contribution in [1.29, 1.82) is 0 Å². The SMILES string of the molecule is COC(=O)c1ccc(COc2ccc3nc(-c4ccccc4)n(-c4ccc(C)cc4)c3c2)cc1. The quantitative estimate of drug-likeness (QED) is 0.283. The fourth-order valence-electron chi connectivity index (χ4n) is 3.90. The summed E-state index contributed by atoms with van der Waals surface area (Å²) >= 11 is 0. The van der Waals surface area contributed by atoms with Crippen LogP contribution in [0.1, 0.15) is 21.5 Å². The number of aromatic nitrogens is 2. The number of fused-ring (bicyclic) bond motifs is 1. The highest BCUT2D eigenvalue weighted by Gasteiger charge is 2.15. The van der Waals surface area contributed by atoms with E-state index in [1.807, 2.05) is 48.5 Å². The lowest BCUT2D eigenvalue weighted by molar-refractivity contribution is 0.0600. The van der Waals surface area contributed by atoms with Crippen molar-refractivity contribution in [2.45, 2.75) is 13.5 Å². The molecular weight excluding hydrogens is 424 g/mol. The highest BCUT2D eigenvalue weighted by molar-refractivity contribution is 5.89. The summed E-state index contributed by atoms with van der Waals surface area (Å²) in [7, 11) is 1.38. The minimum atomic E-state index is -0.350. The van der Waals surface area contributed by atoms with Crippen molar-refractivity contribution in [3.63, 3.8) is 0 Å². The Morgan fingerprint density at radius 2 is 1.62 bits per heavy atom. The molecule has 0 amide bonds. The molecule has 0 N–H and O–H groups in total. The van der Waals surface area contributed by atoms with E-state index in [1.165, 1.54) is 12.7 Å². The van der Waals surface area contributed by atoms with E-state index in [2.05, 4.69) is 47.9 Å². The third-order valence-electron chi connectivity index (χ3n) is 5.73. The number of hydrogen-bond donors (Lipinski definition) is 0. The van der Waals surface area contributed by atoms with Crippen molar-refractivity contribution in [3.8, 4) is 22.8 Å². The smallest absolute Gasteiger partial charge is 0.337 e. The van der Waals surface area contributed by atoms with Gasteiger partial charge in [0.05, 0.1) is 23.7 Å². The molecule has 0 aliphatic rings. The maximum Gasteiger partial charge on any atom is 0.337 e. The van der Waals surface area contributed by atoms with Crippen molar-refractivity contribution in [3.05, 3.63) is 114 Å². The normalized spacial score (nSPS) is 10.9. The van der Waals surface area contributed by atoms with Crippen LogP contribution in [0.2, 0.25) is 0 Å². The van der Waals surface area contributed by atoms with Gasteiger partial charge in [0, 0.05) is 17.3 Å². The lowest BCUT2D eigenvalue weighted by Gasteiger charge is -2.11. The molecule has 0 unspecified atom stereocenters. The summed E-state index contributed by atoms with van der Waals surface area (Å²) in [5.41, 5.74) is 6.65. The number of hydrogen-bond acceptors (Lipinski definition) is 4. The maximum atomic E-state index is 11.6. The van der Waals surface area contributed by atoms with Gasteiger partial charge in [0.25, 0.3) is 0 Å². The van der Waals surface area contributed by atoms with Gasteiger partial charge in [-0.15, -0.1) is 0 Å². The van der Waals surface area contributed by atoms with E-state index in [9.17, 15) is 4.79 Å². The zero-order valence-electron chi connectivity index (χ0n) is 19.1. The molecule has 1 aromatic heterocycles. The van der Waals surface area contributed by atoms with Crippen LogP contribution in [0, 0.1) is 6.92 Å². The van der Waals surface area contributed by atoms with E-state index in [4.69, 9.17) is 14.5 Å². The first-order chi connectivity index (χ1) is 16.6. The van der Waals surface area contributed by atoms with Crippen LogP contribution in [0.25, 0.3) is 28.1 Å². The minimum absolute atomic E-state index is 0.350. The molecule has 0 saturated heterocycles. The summed E-state index contributed by atoms with van der Waals surface area (Å²) in [5.74, 6) is 1.28. The third-order valence-corrected chi connectivity index (χ3v) is 5.73. The van der Waals surface area contributed by atoms with Gasteiger partial charge in [0.2, 0.25) is 0 Å². The van der Waals surface area contributed by atoms with Gasteiger partial charge in [0.15, 0.2) is 0 Å². The second kappa shape index (κ2) is 9.24. The first-order valence-electron chi connectivity index (χ1n) is 11.1. The largest absolute Gasteiger partial charge is 0.489 e. The van der Waals surface area contributed by atoms with Gasteiger partial charge in [-0.1, -0.05) is 60.2 Å². The Morgan fingerprint density at radius 1 is 0.882 bits per heavy atom. The third kappa shape index (κ3) is 4.28. The Hall–Kier alpha value is -4.38. The molecule has 0 spiro atoms. The van der Waals surface area contributed by atoms with Crippen molar-refractivity contribution in [1.82, 2.24) is 9.55 Å². The number of benzene rings is 4. The first kappa shape index (κ1) is 21.5. The van der Waals surface area contributed by atoms with E-state index < -0.39 is 0 Å². The Morgan fingerprint density at radius 3 is 2.32 bits per heavy atom. The van der Waals surface area contributed by atoms with Crippen molar-refractivity contribution in [2.75, 3.05) is 7.11 Å². The molecule has 5 rings (SSSR count). The Labute approximate surface area is 198 Å². The highest BCUT2D eigenvalue weighted by atomic mass is 16.5. The van der Waals surface area contributed by atoms with Crippen molar-refractivity contribution < 1.29 is 14.3 Å². The molecule has 0 aliphatic carbocycles. The van der Waals surface area contributed by atoms with Gasteiger partial charge in [-0.2, -0.15) is 0 Å². The van der Waals surface area contributed by atoms with Crippen molar-refractivity contribution >= 4 is 17.0 Å². The van der Waals surface area contributed by atoms with Gasteiger partial charge in [-0.3, -0.25) is 4.57 Å². The maximum absolute atomic E-state index is 11.6. The zero-order valence-corrected chi connectivity index (χ0v) is 19.1. The van der Waals surface area contributed by atoms with Gasteiger partial charge < -0.3 is 9.47 Å². The van der Waals surface area contributed by atoms with Gasteiger partial charge >= 0.3 is 5.97 Å². The zero-order chi connectivity index (χ0) is 23.5. The van der Waals surface area contributed by atoms with Crippen LogP contribution in [-0.2, 0) is 11.3 Å². The van der Waals surface area contributed by atoms with Gasteiger partial charge in [0.1, 0.15) is 18.2 Å². The average molecular weight is 449 g/mol. The monoisotopic (exact) mass is 448 g/mol. The van der Waals surface area contributed by atoms with Gasteiger partial charge in [-0.05, 0) is 48.9 Å². The predicted molar refractivity (Wildman–Crippen MR) is 133 cm³/mol. The molecule has 1 heterocycles. The molecule has 0 radical (unpaired) electrons. The predicted octanol–water partition coefficient (Wildman–Crippen LogP) is 6.37. The molecule has 34 heavy (non-hydrogen) atoms. The number of carbonyl (C=O) groups excluding carboxylic acids is 1. The molecule has 0 atom stereocenters. The summed E-state index contributed by atoms with van der Waals surface area (Å²) in [6.45, 7) is 2.47. The summed E-state index contributed by atoms with van der Waals surface area (Å²) in [4.78, 5) is 16.6. The standard InChI is InChI=1S/C29H24N2O3/c1-20-8-14-24(15-9-20)31-27-18-25(34-19-21-10-12-23(13-11-21)29(32)33-2)16-17-26(27)30-28(31)22-6-4-3-5-7-22/h3-18H,19H2,1-2H3. The van der Waals surface area contributed by atoms with Crippen molar-refractivity contribution in [2.24, 2.45) is 0 Å². The molecule has 4 aromatic carbocycles. The Kier molecular flexibility index (Phi) is 5.83. The number of carbonyl (C=O) groups is 1. The van der Waals surface area contributed by atoms with E-state index in [-0.39, 0.29) is 5.97 Å². The lowest BCUT2D eigenvalue weighted by atomic mass is 10.1. The Balaban J connectivity index is 1.50. The summed E-state index contributed by atoms with van der Waals surface area (Å²) < 4.78 is 13.0. The molecule has 168 valence electrons. The van der Waals surface area contributed by atoms with Crippen LogP contribution in [0.3, 0.4) is 0 Å². The number of methoxy groups -OCH3 is 1.